The summed E-state index contributed by atoms with van der Waals surface area (Å²) in [5.74, 6) is -1.08. The summed E-state index contributed by atoms with van der Waals surface area (Å²) >= 11 is 0. The molecule has 0 unspecified atom stereocenters. The quantitative estimate of drug-likeness (QED) is 0.760. The second kappa shape index (κ2) is 6.34. The highest BCUT2D eigenvalue weighted by molar-refractivity contribution is 5.94. The second-order valence-electron chi connectivity index (χ2n) is 4.94. The van der Waals surface area contributed by atoms with Gasteiger partial charge in [-0.15, -0.1) is 6.58 Å². The van der Waals surface area contributed by atoms with Crippen molar-refractivity contribution in [2.75, 3.05) is 6.61 Å². The average molecular weight is 302 g/mol. The molecule has 22 heavy (non-hydrogen) atoms. The van der Waals surface area contributed by atoms with Gasteiger partial charge in [0.2, 0.25) is 5.91 Å². The van der Waals surface area contributed by atoms with E-state index < -0.39 is 18.5 Å². The minimum Gasteiger partial charge on any atom is -0.481 e. The number of primary amides is 1. The summed E-state index contributed by atoms with van der Waals surface area (Å²) in [6, 6.07) is 5.37. The third-order valence-electron chi connectivity index (χ3n) is 3.45. The van der Waals surface area contributed by atoms with Crippen LogP contribution in [0.4, 0.5) is 0 Å². The number of fused-ring (bicyclic) bond motifs is 1. The van der Waals surface area contributed by atoms with E-state index in [-0.39, 0.29) is 6.42 Å². The standard InChI is InChI=1S/C16H18N2O4/c1-3-7-18-10(2)11(8-14(17)19)16-12(18)5-4-6-13(16)22-9-15(20)21/h3-6H,1,7-9H2,2H3,(H2,17,19)(H,20,21). The van der Waals surface area contributed by atoms with E-state index in [9.17, 15) is 9.59 Å². The number of nitrogens with zero attached hydrogens (tertiary/aromatic N) is 1. The van der Waals surface area contributed by atoms with E-state index >= 15 is 0 Å². The van der Waals surface area contributed by atoms with Gasteiger partial charge < -0.3 is 20.1 Å². The maximum atomic E-state index is 11.4. The number of carboxylic acids is 1. The number of aliphatic carboxylic acids is 1. The van der Waals surface area contributed by atoms with Crippen LogP contribution in [0.15, 0.2) is 30.9 Å². The molecule has 0 aliphatic carbocycles. The molecule has 2 aromatic rings. The fraction of sp³-hybridized carbons (Fsp3) is 0.250. The molecule has 1 amide bonds. The Morgan fingerprint density at radius 2 is 2.18 bits per heavy atom. The number of allylic oxidation sites excluding steroid dienone is 1. The van der Waals surface area contributed by atoms with E-state index in [1.165, 1.54) is 0 Å². The van der Waals surface area contributed by atoms with Crippen molar-refractivity contribution in [2.45, 2.75) is 19.9 Å². The van der Waals surface area contributed by atoms with Gasteiger partial charge >= 0.3 is 5.97 Å². The third kappa shape index (κ3) is 2.95. The molecule has 6 nitrogen and oxygen atoms in total. The molecule has 0 atom stereocenters. The largest absolute Gasteiger partial charge is 0.481 e. The highest BCUT2D eigenvalue weighted by Gasteiger charge is 2.19. The van der Waals surface area contributed by atoms with Crippen molar-refractivity contribution in [1.29, 1.82) is 0 Å². The number of carbonyl (C=O) groups excluding carboxylic acids is 1. The molecular weight excluding hydrogens is 284 g/mol. The monoisotopic (exact) mass is 302 g/mol. The number of carbonyl (C=O) groups is 2. The van der Waals surface area contributed by atoms with Gasteiger partial charge in [0.05, 0.1) is 11.9 Å². The van der Waals surface area contributed by atoms with Crippen LogP contribution in [-0.4, -0.2) is 28.2 Å². The van der Waals surface area contributed by atoms with Crippen molar-refractivity contribution in [3.63, 3.8) is 0 Å². The number of nitrogens with two attached hydrogens (primary N) is 1. The average Bonchev–Trinajstić information content (AvgIpc) is 2.71. The van der Waals surface area contributed by atoms with Crippen molar-refractivity contribution >= 4 is 22.8 Å². The van der Waals surface area contributed by atoms with E-state index in [4.69, 9.17) is 15.6 Å². The van der Waals surface area contributed by atoms with Gasteiger partial charge in [-0.3, -0.25) is 4.79 Å². The summed E-state index contributed by atoms with van der Waals surface area (Å²) in [5.41, 5.74) is 7.84. The molecule has 116 valence electrons. The summed E-state index contributed by atoms with van der Waals surface area (Å²) in [7, 11) is 0. The lowest BCUT2D eigenvalue weighted by molar-refractivity contribution is -0.139. The van der Waals surface area contributed by atoms with E-state index in [0.717, 1.165) is 22.2 Å². The number of carboxylic acid groups (broad SMARTS) is 1. The molecule has 0 saturated carbocycles. The molecule has 0 spiro atoms. The van der Waals surface area contributed by atoms with Gasteiger partial charge in [0.15, 0.2) is 6.61 Å². The summed E-state index contributed by atoms with van der Waals surface area (Å²) in [6.45, 7) is 5.76. The van der Waals surface area contributed by atoms with E-state index in [0.29, 0.717) is 12.3 Å². The molecule has 0 aliphatic heterocycles. The van der Waals surface area contributed by atoms with Crippen LogP contribution in [0.1, 0.15) is 11.3 Å². The maximum absolute atomic E-state index is 11.4. The predicted octanol–water partition coefficient (Wildman–Crippen LogP) is 1.63. The molecule has 0 radical (unpaired) electrons. The Kier molecular flexibility index (Phi) is 4.50. The van der Waals surface area contributed by atoms with Crippen LogP contribution in [0.2, 0.25) is 0 Å². The maximum Gasteiger partial charge on any atom is 0.341 e. The van der Waals surface area contributed by atoms with E-state index in [1.807, 2.05) is 17.6 Å². The fourth-order valence-corrected chi connectivity index (χ4v) is 2.59. The molecule has 6 heteroatoms. The zero-order chi connectivity index (χ0) is 16.3. The molecule has 0 saturated heterocycles. The Balaban J connectivity index is 2.66. The molecule has 1 aromatic carbocycles. The van der Waals surface area contributed by atoms with Gasteiger partial charge in [0.1, 0.15) is 5.75 Å². The lowest BCUT2D eigenvalue weighted by atomic mass is 10.1. The number of aromatic nitrogens is 1. The van der Waals surface area contributed by atoms with Gasteiger partial charge in [-0.25, -0.2) is 4.79 Å². The van der Waals surface area contributed by atoms with Crippen molar-refractivity contribution in [3.05, 3.63) is 42.1 Å². The second-order valence-corrected chi connectivity index (χ2v) is 4.94. The Morgan fingerprint density at radius 1 is 1.45 bits per heavy atom. The Hall–Kier alpha value is -2.76. The molecule has 1 aromatic heterocycles. The topological polar surface area (TPSA) is 94.5 Å². The highest BCUT2D eigenvalue weighted by atomic mass is 16.5. The third-order valence-corrected chi connectivity index (χ3v) is 3.45. The summed E-state index contributed by atoms with van der Waals surface area (Å²) in [6.07, 6.45) is 1.82. The number of benzene rings is 1. The lowest BCUT2D eigenvalue weighted by Crippen LogP contribution is -2.14. The first kappa shape index (κ1) is 15.6. The van der Waals surface area contributed by atoms with Gasteiger partial charge in [-0.05, 0) is 24.6 Å². The summed E-state index contributed by atoms with van der Waals surface area (Å²) in [5, 5.41) is 9.51. The van der Waals surface area contributed by atoms with Gasteiger partial charge in [-0.1, -0.05) is 12.1 Å². The lowest BCUT2D eigenvalue weighted by Gasteiger charge is -2.07. The Morgan fingerprint density at radius 3 is 2.77 bits per heavy atom. The van der Waals surface area contributed by atoms with Crippen molar-refractivity contribution in [3.8, 4) is 5.75 Å². The molecule has 1 heterocycles. The molecule has 2 rings (SSSR count). The van der Waals surface area contributed by atoms with Crippen LogP contribution in [0.5, 0.6) is 5.75 Å². The fourth-order valence-electron chi connectivity index (χ4n) is 2.59. The van der Waals surface area contributed by atoms with Crippen LogP contribution < -0.4 is 10.5 Å². The van der Waals surface area contributed by atoms with Gasteiger partial charge in [0.25, 0.3) is 0 Å². The highest BCUT2D eigenvalue weighted by Crippen LogP contribution is 2.34. The van der Waals surface area contributed by atoms with E-state index in [2.05, 4.69) is 6.58 Å². The number of rotatable bonds is 7. The number of hydrogen-bond acceptors (Lipinski definition) is 3. The SMILES string of the molecule is C=CCn1c(C)c(CC(N)=O)c2c(OCC(=O)O)cccc21. The van der Waals surface area contributed by atoms with Crippen molar-refractivity contribution in [1.82, 2.24) is 4.57 Å². The first-order chi connectivity index (χ1) is 10.5. The van der Waals surface area contributed by atoms with Crippen LogP contribution in [0.25, 0.3) is 10.9 Å². The van der Waals surface area contributed by atoms with Crippen LogP contribution in [-0.2, 0) is 22.6 Å². The predicted molar refractivity (Wildman–Crippen MR) is 82.9 cm³/mol. The Bertz CT molecular complexity index is 746. The first-order valence-electron chi connectivity index (χ1n) is 6.80. The minimum absolute atomic E-state index is 0.0694. The summed E-state index contributed by atoms with van der Waals surface area (Å²) in [4.78, 5) is 22.1. The normalized spacial score (nSPS) is 10.6. The van der Waals surface area contributed by atoms with Gasteiger partial charge in [0, 0.05) is 17.6 Å². The van der Waals surface area contributed by atoms with Crippen LogP contribution in [0.3, 0.4) is 0 Å². The Labute approximate surface area is 127 Å². The van der Waals surface area contributed by atoms with E-state index in [1.54, 1.807) is 18.2 Å². The molecule has 3 N–H and O–H groups in total. The first-order valence-corrected chi connectivity index (χ1v) is 6.80. The number of hydrogen-bond donors (Lipinski definition) is 2. The summed E-state index contributed by atoms with van der Waals surface area (Å²) < 4.78 is 7.35. The number of amides is 1. The number of ether oxygens (including phenoxy) is 1. The molecular formula is C16H18N2O4. The van der Waals surface area contributed by atoms with Crippen LogP contribution in [0, 0.1) is 6.92 Å². The molecule has 0 fully saturated rings. The van der Waals surface area contributed by atoms with Crippen molar-refractivity contribution < 1.29 is 19.4 Å². The minimum atomic E-state index is -1.06. The zero-order valence-corrected chi connectivity index (χ0v) is 12.3. The molecule has 0 bridgehead atoms. The van der Waals surface area contributed by atoms with Crippen molar-refractivity contribution in [2.24, 2.45) is 5.73 Å². The molecule has 0 aliphatic rings. The zero-order valence-electron chi connectivity index (χ0n) is 12.3. The smallest absolute Gasteiger partial charge is 0.341 e. The van der Waals surface area contributed by atoms with Crippen LogP contribution >= 0.6 is 0 Å². The van der Waals surface area contributed by atoms with Gasteiger partial charge in [-0.2, -0.15) is 0 Å².